The Kier molecular flexibility index (Phi) is 5.64. The summed E-state index contributed by atoms with van der Waals surface area (Å²) in [4.78, 5) is 16.7. The maximum Gasteiger partial charge on any atom is 0.253 e. The van der Waals surface area contributed by atoms with Gasteiger partial charge < -0.3 is 10.6 Å². The molecule has 4 heteroatoms. The predicted molar refractivity (Wildman–Crippen MR) is 105 cm³/mol. The molecule has 1 aromatic heterocycles. The molecule has 0 saturated heterocycles. The molecule has 0 fully saturated rings. The molecule has 0 aliphatic heterocycles. The van der Waals surface area contributed by atoms with Crippen LogP contribution in [-0.4, -0.2) is 10.9 Å². The van der Waals surface area contributed by atoms with Crippen LogP contribution in [0.4, 0.5) is 5.69 Å². The number of hydrogen-bond acceptors (Lipinski definition) is 3. The minimum Gasteiger partial charge on any atom is -0.380 e. The van der Waals surface area contributed by atoms with E-state index in [9.17, 15) is 4.79 Å². The number of carbonyl (C=O) groups is 1. The van der Waals surface area contributed by atoms with Gasteiger partial charge in [0.05, 0.1) is 17.3 Å². The summed E-state index contributed by atoms with van der Waals surface area (Å²) in [5.74, 6) is -0.131. The first-order valence-electron chi connectivity index (χ1n) is 8.72. The van der Waals surface area contributed by atoms with Crippen molar-refractivity contribution in [2.75, 3.05) is 5.32 Å². The molecule has 3 aromatic rings. The van der Waals surface area contributed by atoms with Crippen molar-refractivity contribution in [3.8, 4) is 0 Å². The molecule has 0 aliphatic carbocycles. The lowest BCUT2D eigenvalue weighted by Crippen LogP contribution is -2.26. The van der Waals surface area contributed by atoms with E-state index in [0.717, 1.165) is 11.3 Å². The van der Waals surface area contributed by atoms with Crippen molar-refractivity contribution in [3.63, 3.8) is 0 Å². The van der Waals surface area contributed by atoms with E-state index < -0.39 is 0 Å². The number of carbonyl (C=O) groups excluding carboxylic acids is 1. The van der Waals surface area contributed by atoms with Gasteiger partial charge in [-0.25, -0.2) is 0 Å². The Hall–Kier alpha value is -3.14. The number of nitrogens with one attached hydrogen (secondary N) is 2. The first-order valence-corrected chi connectivity index (χ1v) is 8.72. The Balaban J connectivity index is 1.63. The number of benzene rings is 2. The van der Waals surface area contributed by atoms with Crippen LogP contribution in [0.1, 0.15) is 40.0 Å². The average molecular weight is 345 g/mol. The molecule has 1 heterocycles. The van der Waals surface area contributed by atoms with E-state index >= 15 is 0 Å². The van der Waals surface area contributed by atoms with E-state index in [1.807, 2.05) is 49.4 Å². The Morgan fingerprint density at radius 2 is 1.85 bits per heavy atom. The number of rotatable bonds is 6. The molecule has 3 rings (SSSR count). The summed E-state index contributed by atoms with van der Waals surface area (Å²) in [5.41, 5.74) is 4.86. The zero-order chi connectivity index (χ0) is 18.4. The van der Waals surface area contributed by atoms with Gasteiger partial charge in [-0.1, -0.05) is 60.2 Å². The zero-order valence-corrected chi connectivity index (χ0v) is 15.1. The summed E-state index contributed by atoms with van der Waals surface area (Å²) in [7, 11) is 0. The van der Waals surface area contributed by atoms with E-state index in [1.165, 1.54) is 11.1 Å². The molecule has 0 spiro atoms. The molecule has 4 nitrogen and oxygen atoms in total. The third-order valence-electron chi connectivity index (χ3n) is 4.23. The van der Waals surface area contributed by atoms with Gasteiger partial charge in [0.15, 0.2) is 0 Å². The number of nitrogens with zero attached hydrogens (tertiary/aromatic N) is 1. The number of aromatic nitrogens is 1. The highest BCUT2D eigenvalue weighted by Gasteiger charge is 2.12. The molecule has 2 N–H and O–H groups in total. The van der Waals surface area contributed by atoms with E-state index in [0.29, 0.717) is 12.1 Å². The van der Waals surface area contributed by atoms with Gasteiger partial charge >= 0.3 is 0 Å². The van der Waals surface area contributed by atoms with Gasteiger partial charge in [-0.2, -0.15) is 0 Å². The van der Waals surface area contributed by atoms with Crippen LogP contribution in [0.2, 0.25) is 0 Å². The first-order chi connectivity index (χ1) is 12.6. The molecule has 0 saturated carbocycles. The van der Waals surface area contributed by atoms with Gasteiger partial charge in [-0.05, 0) is 31.0 Å². The molecule has 2 aromatic carbocycles. The topological polar surface area (TPSA) is 54.0 Å². The second-order valence-electron chi connectivity index (χ2n) is 6.41. The number of aryl methyl sites for hydroxylation is 1. The number of amides is 1. The van der Waals surface area contributed by atoms with Crippen molar-refractivity contribution in [1.29, 1.82) is 0 Å². The summed E-state index contributed by atoms with van der Waals surface area (Å²) in [6, 6.07) is 20.0. The van der Waals surface area contributed by atoms with Crippen LogP contribution in [0.3, 0.4) is 0 Å². The predicted octanol–water partition coefficient (Wildman–Crippen LogP) is 4.49. The largest absolute Gasteiger partial charge is 0.380 e. The summed E-state index contributed by atoms with van der Waals surface area (Å²) in [5, 5.41) is 6.34. The molecule has 1 amide bonds. The minimum absolute atomic E-state index is 0.0624. The van der Waals surface area contributed by atoms with Crippen molar-refractivity contribution in [2.24, 2.45) is 0 Å². The lowest BCUT2D eigenvalue weighted by molar-refractivity contribution is 0.0939. The van der Waals surface area contributed by atoms with E-state index in [-0.39, 0.29) is 11.9 Å². The molecule has 0 aliphatic rings. The summed E-state index contributed by atoms with van der Waals surface area (Å²) >= 11 is 0. The average Bonchev–Trinajstić information content (AvgIpc) is 2.67. The van der Waals surface area contributed by atoms with Crippen molar-refractivity contribution in [3.05, 3.63) is 95.3 Å². The van der Waals surface area contributed by atoms with E-state index in [4.69, 9.17) is 0 Å². The third-order valence-corrected chi connectivity index (χ3v) is 4.23. The van der Waals surface area contributed by atoms with Crippen LogP contribution in [0.5, 0.6) is 0 Å². The number of pyridine rings is 1. The smallest absolute Gasteiger partial charge is 0.253 e. The molecule has 0 bridgehead atoms. The van der Waals surface area contributed by atoms with E-state index in [1.54, 1.807) is 12.4 Å². The molecular weight excluding hydrogens is 322 g/mol. The Bertz CT molecular complexity index is 877. The molecule has 26 heavy (non-hydrogen) atoms. The quantitative estimate of drug-likeness (QED) is 0.692. The minimum atomic E-state index is -0.131. The SMILES string of the molecule is Cc1cccc(CNc2cncc(C(=O)NC(C)c3ccccc3)c2)c1. The second kappa shape index (κ2) is 8.30. The van der Waals surface area contributed by atoms with Crippen molar-refractivity contribution in [1.82, 2.24) is 10.3 Å². The normalized spacial score (nSPS) is 11.6. The summed E-state index contributed by atoms with van der Waals surface area (Å²) in [6.45, 7) is 4.74. The third kappa shape index (κ3) is 4.70. The fraction of sp³-hybridized carbons (Fsp3) is 0.182. The van der Waals surface area contributed by atoms with Crippen LogP contribution in [0, 0.1) is 6.92 Å². The fourth-order valence-electron chi connectivity index (χ4n) is 2.79. The molecule has 0 radical (unpaired) electrons. The van der Waals surface area contributed by atoms with Crippen LogP contribution >= 0.6 is 0 Å². The van der Waals surface area contributed by atoms with Crippen LogP contribution in [0.25, 0.3) is 0 Å². The molecule has 1 atom stereocenters. The van der Waals surface area contributed by atoms with Gasteiger partial charge in [-0.3, -0.25) is 9.78 Å². The summed E-state index contributed by atoms with van der Waals surface area (Å²) < 4.78 is 0. The highest BCUT2D eigenvalue weighted by atomic mass is 16.1. The molecule has 132 valence electrons. The highest BCUT2D eigenvalue weighted by molar-refractivity contribution is 5.94. The fourth-order valence-corrected chi connectivity index (χ4v) is 2.79. The van der Waals surface area contributed by atoms with E-state index in [2.05, 4.69) is 40.7 Å². The van der Waals surface area contributed by atoms with Gasteiger partial charge in [0.2, 0.25) is 0 Å². The lowest BCUT2D eigenvalue weighted by Gasteiger charge is -2.14. The highest BCUT2D eigenvalue weighted by Crippen LogP contribution is 2.15. The standard InChI is InChI=1S/C22H23N3O/c1-16-7-6-8-18(11-16)13-24-21-12-20(14-23-15-21)22(26)25-17(2)19-9-4-3-5-10-19/h3-12,14-15,17,24H,13H2,1-2H3,(H,25,26). The molecule has 1 unspecified atom stereocenters. The number of hydrogen-bond donors (Lipinski definition) is 2. The number of anilines is 1. The van der Waals surface area contributed by atoms with Gasteiger partial charge in [-0.15, -0.1) is 0 Å². The van der Waals surface area contributed by atoms with Crippen molar-refractivity contribution in [2.45, 2.75) is 26.4 Å². The van der Waals surface area contributed by atoms with Crippen LogP contribution in [-0.2, 0) is 6.54 Å². The van der Waals surface area contributed by atoms with Gasteiger partial charge in [0.25, 0.3) is 5.91 Å². The maximum absolute atomic E-state index is 12.5. The van der Waals surface area contributed by atoms with Gasteiger partial charge in [0, 0.05) is 18.9 Å². The first kappa shape index (κ1) is 17.7. The van der Waals surface area contributed by atoms with Crippen LogP contribution < -0.4 is 10.6 Å². The maximum atomic E-state index is 12.5. The lowest BCUT2D eigenvalue weighted by atomic mass is 10.1. The second-order valence-corrected chi connectivity index (χ2v) is 6.41. The Morgan fingerprint density at radius 3 is 2.62 bits per heavy atom. The molecular formula is C22H23N3O. The Morgan fingerprint density at radius 1 is 1.04 bits per heavy atom. The van der Waals surface area contributed by atoms with Gasteiger partial charge in [0.1, 0.15) is 0 Å². The van der Waals surface area contributed by atoms with Crippen LogP contribution in [0.15, 0.2) is 73.1 Å². The Labute approximate surface area is 154 Å². The van der Waals surface area contributed by atoms with Crippen molar-refractivity contribution < 1.29 is 4.79 Å². The van der Waals surface area contributed by atoms with Crippen molar-refractivity contribution >= 4 is 11.6 Å². The summed E-state index contributed by atoms with van der Waals surface area (Å²) in [6.07, 6.45) is 3.32. The zero-order valence-electron chi connectivity index (χ0n) is 15.1. The monoisotopic (exact) mass is 345 g/mol.